The molecule has 86 valence electrons. The van der Waals surface area contributed by atoms with Gasteiger partial charge >= 0.3 is 0 Å². The van der Waals surface area contributed by atoms with E-state index in [-0.39, 0.29) is 6.10 Å². The molecule has 1 aromatic rings. The van der Waals surface area contributed by atoms with Crippen LogP contribution >= 0.6 is 0 Å². The molecule has 0 amide bonds. The van der Waals surface area contributed by atoms with Gasteiger partial charge in [0.25, 0.3) is 0 Å². The lowest BCUT2D eigenvalue weighted by Crippen LogP contribution is -2.13. The summed E-state index contributed by atoms with van der Waals surface area (Å²) in [6.07, 6.45) is 6.00. The first-order valence-corrected chi connectivity index (χ1v) is 5.62. The average Bonchev–Trinajstić information content (AvgIpc) is 2.34. The van der Waals surface area contributed by atoms with Crippen molar-refractivity contribution < 1.29 is 4.74 Å². The lowest BCUT2D eigenvalue weighted by Gasteiger charge is -2.15. The fourth-order valence-electron chi connectivity index (χ4n) is 1.49. The molecule has 0 aliphatic heterocycles. The molecule has 0 saturated carbocycles. The SMILES string of the molecule is C=CCCC(CC=N)OCc1ccccc1. The van der Waals surface area contributed by atoms with Crippen molar-refractivity contribution in [3.05, 3.63) is 48.6 Å². The first kappa shape index (κ1) is 12.7. The quantitative estimate of drug-likeness (QED) is 0.524. The van der Waals surface area contributed by atoms with Crippen LogP contribution < -0.4 is 0 Å². The molecule has 0 saturated heterocycles. The second kappa shape index (κ2) is 7.83. The minimum absolute atomic E-state index is 0.135. The van der Waals surface area contributed by atoms with Crippen molar-refractivity contribution in [1.29, 1.82) is 5.41 Å². The van der Waals surface area contributed by atoms with Gasteiger partial charge in [0, 0.05) is 6.42 Å². The highest BCUT2D eigenvalue weighted by Crippen LogP contribution is 2.10. The number of hydrogen-bond acceptors (Lipinski definition) is 2. The van der Waals surface area contributed by atoms with Gasteiger partial charge in [0.15, 0.2) is 0 Å². The minimum Gasteiger partial charge on any atom is -0.373 e. The standard InChI is InChI=1S/C14H19NO/c1-2-3-9-14(10-11-15)16-12-13-7-5-4-6-8-13/h2,4-8,11,14-15H,1,3,9-10,12H2. The normalized spacial score (nSPS) is 12.0. The molecule has 0 spiro atoms. The van der Waals surface area contributed by atoms with Crippen LogP contribution in [-0.4, -0.2) is 12.3 Å². The summed E-state index contributed by atoms with van der Waals surface area (Å²) in [6, 6.07) is 10.1. The summed E-state index contributed by atoms with van der Waals surface area (Å²) < 4.78 is 5.77. The van der Waals surface area contributed by atoms with Crippen molar-refractivity contribution in [2.24, 2.45) is 0 Å². The van der Waals surface area contributed by atoms with Gasteiger partial charge < -0.3 is 10.1 Å². The zero-order chi connectivity index (χ0) is 11.6. The Morgan fingerprint density at radius 3 is 2.69 bits per heavy atom. The predicted octanol–water partition coefficient (Wildman–Crippen LogP) is 3.58. The fraction of sp³-hybridized carbons (Fsp3) is 0.357. The van der Waals surface area contributed by atoms with Crippen LogP contribution in [0.1, 0.15) is 24.8 Å². The summed E-state index contributed by atoms with van der Waals surface area (Å²) in [7, 11) is 0. The highest BCUT2D eigenvalue weighted by molar-refractivity contribution is 5.53. The maximum atomic E-state index is 7.12. The second-order valence-electron chi connectivity index (χ2n) is 3.72. The Morgan fingerprint density at radius 2 is 2.06 bits per heavy atom. The van der Waals surface area contributed by atoms with E-state index >= 15 is 0 Å². The molecule has 16 heavy (non-hydrogen) atoms. The summed E-state index contributed by atoms with van der Waals surface area (Å²) in [5.41, 5.74) is 1.18. The smallest absolute Gasteiger partial charge is 0.0720 e. The van der Waals surface area contributed by atoms with Crippen molar-refractivity contribution in [3.63, 3.8) is 0 Å². The third kappa shape index (κ3) is 4.89. The third-order valence-electron chi connectivity index (χ3n) is 2.40. The van der Waals surface area contributed by atoms with Gasteiger partial charge in [-0.15, -0.1) is 6.58 Å². The Hall–Kier alpha value is -1.41. The highest BCUT2D eigenvalue weighted by Gasteiger charge is 2.06. The van der Waals surface area contributed by atoms with Crippen molar-refractivity contribution in [2.75, 3.05) is 0 Å². The Labute approximate surface area is 97.5 Å². The van der Waals surface area contributed by atoms with Crippen molar-refractivity contribution >= 4 is 6.21 Å². The van der Waals surface area contributed by atoms with Gasteiger partial charge in [0.2, 0.25) is 0 Å². The molecule has 0 radical (unpaired) electrons. The van der Waals surface area contributed by atoms with Gasteiger partial charge in [-0.1, -0.05) is 36.4 Å². The van der Waals surface area contributed by atoms with Crippen LogP contribution in [0.5, 0.6) is 0 Å². The Bertz CT molecular complexity index is 308. The maximum Gasteiger partial charge on any atom is 0.0720 e. The van der Waals surface area contributed by atoms with Crippen molar-refractivity contribution in [2.45, 2.75) is 32.0 Å². The topological polar surface area (TPSA) is 33.1 Å². The molecule has 1 unspecified atom stereocenters. The third-order valence-corrected chi connectivity index (χ3v) is 2.40. The van der Waals surface area contributed by atoms with Crippen LogP contribution in [-0.2, 0) is 11.3 Å². The van der Waals surface area contributed by atoms with E-state index in [2.05, 4.69) is 18.7 Å². The fourth-order valence-corrected chi connectivity index (χ4v) is 1.49. The first-order valence-electron chi connectivity index (χ1n) is 5.62. The van der Waals surface area contributed by atoms with Crippen molar-refractivity contribution in [3.8, 4) is 0 Å². The molecule has 2 heteroatoms. The molecule has 1 aromatic carbocycles. The largest absolute Gasteiger partial charge is 0.373 e. The van der Waals surface area contributed by atoms with E-state index in [1.807, 2.05) is 24.3 Å². The molecule has 0 fully saturated rings. The average molecular weight is 217 g/mol. The molecular formula is C14H19NO. The molecule has 0 aliphatic rings. The van der Waals surface area contributed by atoms with E-state index in [9.17, 15) is 0 Å². The van der Waals surface area contributed by atoms with E-state index in [1.54, 1.807) is 0 Å². The van der Waals surface area contributed by atoms with Gasteiger partial charge in [-0.25, -0.2) is 0 Å². The van der Waals surface area contributed by atoms with Gasteiger partial charge in [-0.3, -0.25) is 0 Å². The number of nitrogens with one attached hydrogen (secondary N) is 1. The summed E-state index contributed by atoms with van der Waals surface area (Å²) in [5, 5.41) is 7.12. The van der Waals surface area contributed by atoms with Crippen LogP contribution in [0.4, 0.5) is 0 Å². The first-order chi connectivity index (χ1) is 7.86. The second-order valence-corrected chi connectivity index (χ2v) is 3.72. The lowest BCUT2D eigenvalue weighted by atomic mass is 10.1. The van der Waals surface area contributed by atoms with Crippen LogP contribution in [0, 0.1) is 5.41 Å². The number of allylic oxidation sites excluding steroid dienone is 1. The molecule has 1 rings (SSSR count). The van der Waals surface area contributed by atoms with Crippen molar-refractivity contribution in [1.82, 2.24) is 0 Å². The minimum atomic E-state index is 0.135. The maximum absolute atomic E-state index is 7.12. The van der Waals surface area contributed by atoms with E-state index in [0.717, 1.165) is 12.8 Å². The summed E-state index contributed by atoms with van der Waals surface area (Å²) in [4.78, 5) is 0. The van der Waals surface area contributed by atoms with E-state index < -0.39 is 0 Å². The van der Waals surface area contributed by atoms with E-state index in [4.69, 9.17) is 10.1 Å². The van der Waals surface area contributed by atoms with Gasteiger partial charge in [-0.2, -0.15) is 0 Å². The number of rotatable bonds is 8. The van der Waals surface area contributed by atoms with Gasteiger partial charge in [0.1, 0.15) is 0 Å². The molecule has 1 N–H and O–H groups in total. The van der Waals surface area contributed by atoms with Crippen LogP contribution in [0.15, 0.2) is 43.0 Å². The van der Waals surface area contributed by atoms with Gasteiger partial charge in [-0.05, 0) is 24.6 Å². The zero-order valence-corrected chi connectivity index (χ0v) is 9.56. The van der Waals surface area contributed by atoms with Crippen LogP contribution in [0.25, 0.3) is 0 Å². The highest BCUT2D eigenvalue weighted by atomic mass is 16.5. The Balaban J connectivity index is 2.36. The molecule has 0 bridgehead atoms. The van der Waals surface area contributed by atoms with Crippen LogP contribution in [0.3, 0.4) is 0 Å². The summed E-state index contributed by atoms with van der Waals surface area (Å²) >= 11 is 0. The monoisotopic (exact) mass is 217 g/mol. The molecule has 0 aromatic heterocycles. The predicted molar refractivity (Wildman–Crippen MR) is 67.9 cm³/mol. The molecule has 0 aliphatic carbocycles. The lowest BCUT2D eigenvalue weighted by molar-refractivity contribution is 0.0411. The molecule has 0 heterocycles. The molecular weight excluding hydrogens is 198 g/mol. The van der Waals surface area contributed by atoms with E-state index in [1.165, 1.54) is 11.8 Å². The van der Waals surface area contributed by atoms with Gasteiger partial charge in [0.05, 0.1) is 12.7 Å². The summed E-state index contributed by atoms with van der Waals surface area (Å²) in [6.45, 7) is 4.32. The van der Waals surface area contributed by atoms with Crippen LogP contribution in [0.2, 0.25) is 0 Å². The number of benzene rings is 1. The summed E-state index contributed by atoms with van der Waals surface area (Å²) in [5.74, 6) is 0. The number of ether oxygens (including phenoxy) is 1. The Morgan fingerprint density at radius 1 is 1.31 bits per heavy atom. The van der Waals surface area contributed by atoms with E-state index in [0.29, 0.717) is 13.0 Å². The molecule has 1 atom stereocenters. The Kier molecular flexibility index (Phi) is 6.19. The molecule has 2 nitrogen and oxygen atoms in total. The zero-order valence-electron chi connectivity index (χ0n) is 9.56. The number of hydrogen-bond donors (Lipinski definition) is 1.